The predicted molar refractivity (Wildman–Crippen MR) is 71.9 cm³/mol. The number of nitrogens with two attached hydrogens (primary N) is 1. The molecule has 0 aliphatic rings. The summed E-state index contributed by atoms with van der Waals surface area (Å²) < 4.78 is 0. The van der Waals surface area contributed by atoms with Gasteiger partial charge in [-0.2, -0.15) is 0 Å². The van der Waals surface area contributed by atoms with Crippen molar-refractivity contribution in [1.29, 1.82) is 0 Å². The van der Waals surface area contributed by atoms with E-state index in [1.807, 2.05) is 6.92 Å². The molecule has 0 fully saturated rings. The summed E-state index contributed by atoms with van der Waals surface area (Å²) in [6.45, 7) is 11.5. The molecule has 0 radical (unpaired) electrons. The van der Waals surface area contributed by atoms with Gasteiger partial charge in [0, 0.05) is 17.5 Å². The minimum Gasteiger partial charge on any atom is -0.329 e. The highest BCUT2D eigenvalue weighted by molar-refractivity contribution is 7.99. The molecule has 1 heterocycles. The Labute approximate surface area is 103 Å². The number of rotatable bonds is 3. The van der Waals surface area contributed by atoms with Crippen molar-refractivity contribution in [1.82, 2.24) is 4.98 Å². The summed E-state index contributed by atoms with van der Waals surface area (Å²) in [6, 6.07) is 4.23. The number of aryl methyl sites for hydroxylation is 2. The number of hydrogen-bond donors (Lipinski definition) is 1. The van der Waals surface area contributed by atoms with Crippen LogP contribution in [-0.4, -0.2) is 16.8 Å². The first-order chi connectivity index (χ1) is 7.32. The highest BCUT2D eigenvalue weighted by Crippen LogP contribution is 2.34. The SMILES string of the molecule is Cc1cc(C)nc(SC(CN)C(C)(C)C)c1. The first kappa shape index (κ1) is 13.5. The van der Waals surface area contributed by atoms with Crippen molar-refractivity contribution in [3.63, 3.8) is 0 Å². The maximum atomic E-state index is 5.83. The molecule has 0 spiro atoms. The Kier molecular flexibility index (Phi) is 4.39. The zero-order chi connectivity index (χ0) is 12.3. The zero-order valence-corrected chi connectivity index (χ0v) is 11.7. The van der Waals surface area contributed by atoms with Crippen LogP contribution in [0.2, 0.25) is 0 Å². The van der Waals surface area contributed by atoms with Crippen molar-refractivity contribution in [3.8, 4) is 0 Å². The molecule has 0 saturated carbocycles. The van der Waals surface area contributed by atoms with Crippen molar-refractivity contribution in [3.05, 3.63) is 23.4 Å². The Hall–Kier alpha value is -0.540. The molecule has 0 amide bonds. The van der Waals surface area contributed by atoms with Gasteiger partial charge in [-0.25, -0.2) is 4.98 Å². The van der Waals surface area contributed by atoms with Crippen LogP contribution in [0.5, 0.6) is 0 Å². The molecule has 0 bridgehead atoms. The van der Waals surface area contributed by atoms with E-state index in [-0.39, 0.29) is 5.41 Å². The molecule has 0 aliphatic heterocycles. The molecule has 1 unspecified atom stereocenters. The van der Waals surface area contributed by atoms with E-state index >= 15 is 0 Å². The van der Waals surface area contributed by atoms with E-state index in [0.29, 0.717) is 11.8 Å². The van der Waals surface area contributed by atoms with Crippen LogP contribution in [0.15, 0.2) is 17.2 Å². The number of thioether (sulfide) groups is 1. The maximum Gasteiger partial charge on any atom is 0.0969 e. The van der Waals surface area contributed by atoms with E-state index in [9.17, 15) is 0 Å². The maximum absolute atomic E-state index is 5.83. The molecule has 0 aliphatic carbocycles. The van der Waals surface area contributed by atoms with E-state index in [1.165, 1.54) is 5.56 Å². The van der Waals surface area contributed by atoms with Gasteiger partial charge in [0.25, 0.3) is 0 Å². The second-order valence-electron chi connectivity index (χ2n) is 5.33. The molecule has 3 heteroatoms. The standard InChI is InChI=1S/C13H22N2S/c1-9-6-10(2)15-12(7-9)16-11(8-14)13(3,4)5/h6-7,11H,8,14H2,1-5H3. The summed E-state index contributed by atoms with van der Waals surface area (Å²) in [5, 5.41) is 1.49. The van der Waals surface area contributed by atoms with Gasteiger partial charge in [-0.05, 0) is 37.0 Å². The first-order valence-electron chi connectivity index (χ1n) is 5.65. The fourth-order valence-electron chi connectivity index (χ4n) is 1.59. The van der Waals surface area contributed by atoms with Crippen molar-refractivity contribution < 1.29 is 0 Å². The van der Waals surface area contributed by atoms with Crippen LogP contribution in [0.3, 0.4) is 0 Å². The summed E-state index contributed by atoms with van der Waals surface area (Å²) in [6.07, 6.45) is 0. The van der Waals surface area contributed by atoms with E-state index in [2.05, 4.69) is 44.8 Å². The molecule has 0 aromatic carbocycles. The van der Waals surface area contributed by atoms with Crippen LogP contribution < -0.4 is 5.73 Å². The minimum atomic E-state index is 0.207. The van der Waals surface area contributed by atoms with Crippen LogP contribution >= 0.6 is 11.8 Å². The predicted octanol–water partition coefficient (Wildman–Crippen LogP) is 3.16. The van der Waals surface area contributed by atoms with Gasteiger partial charge < -0.3 is 5.73 Å². The highest BCUT2D eigenvalue weighted by atomic mass is 32.2. The molecule has 16 heavy (non-hydrogen) atoms. The number of aromatic nitrogens is 1. The third-order valence-electron chi connectivity index (χ3n) is 2.52. The summed E-state index contributed by atoms with van der Waals surface area (Å²) in [5.41, 5.74) is 8.38. The summed E-state index contributed by atoms with van der Waals surface area (Å²) in [7, 11) is 0. The van der Waals surface area contributed by atoms with Crippen LogP contribution in [0, 0.1) is 19.3 Å². The topological polar surface area (TPSA) is 38.9 Å². The monoisotopic (exact) mass is 238 g/mol. The minimum absolute atomic E-state index is 0.207. The average Bonchev–Trinajstić information content (AvgIpc) is 2.10. The normalized spacial score (nSPS) is 13.9. The summed E-state index contributed by atoms with van der Waals surface area (Å²) >= 11 is 1.79. The van der Waals surface area contributed by atoms with Crippen LogP contribution in [0.25, 0.3) is 0 Å². The van der Waals surface area contributed by atoms with Crippen LogP contribution in [0.4, 0.5) is 0 Å². The van der Waals surface area contributed by atoms with E-state index in [4.69, 9.17) is 5.73 Å². The van der Waals surface area contributed by atoms with Crippen molar-refractivity contribution in [2.24, 2.45) is 11.1 Å². The number of pyridine rings is 1. The van der Waals surface area contributed by atoms with Gasteiger partial charge in [0.1, 0.15) is 0 Å². The largest absolute Gasteiger partial charge is 0.329 e. The van der Waals surface area contributed by atoms with Gasteiger partial charge in [0.2, 0.25) is 0 Å². The lowest BCUT2D eigenvalue weighted by Crippen LogP contribution is -2.30. The molecule has 1 aromatic heterocycles. The van der Waals surface area contributed by atoms with Gasteiger partial charge in [-0.15, -0.1) is 11.8 Å². The Bertz CT molecular complexity index is 335. The first-order valence-corrected chi connectivity index (χ1v) is 6.53. The smallest absolute Gasteiger partial charge is 0.0969 e. The third kappa shape index (κ3) is 3.80. The van der Waals surface area contributed by atoms with Crippen molar-refractivity contribution in [2.75, 3.05) is 6.54 Å². The van der Waals surface area contributed by atoms with Gasteiger partial charge in [-0.1, -0.05) is 20.8 Å². The zero-order valence-electron chi connectivity index (χ0n) is 10.9. The van der Waals surface area contributed by atoms with Gasteiger partial charge in [0.05, 0.1) is 5.03 Å². The molecule has 0 saturated heterocycles. The lowest BCUT2D eigenvalue weighted by Gasteiger charge is -2.28. The fraction of sp³-hybridized carbons (Fsp3) is 0.615. The molecule has 2 nitrogen and oxygen atoms in total. The van der Waals surface area contributed by atoms with Crippen LogP contribution in [0.1, 0.15) is 32.0 Å². The molecule has 90 valence electrons. The second-order valence-corrected chi connectivity index (χ2v) is 6.56. The molecule has 1 atom stereocenters. The Morgan fingerprint density at radius 3 is 2.38 bits per heavy atom. The van der Waals surface area contributed by atoms with Crippen LogP contribution in [-0.2, 0) is 0 Å². The highest BCUT2D eigenvalue weighted by Gasteiger charge is 2.24. The van der Waals surface area contributed by atoms with E-state index in [0.717, 1.165) is 10.7 Å². The second kappa shape index (κ2) is 5.19. The Morgan fingerprint density at radius 1 is 1.31 bits per heavy atom. The van der Waals surface area contributed by atoms with E-state index in [1.54, 1.807) is 11.8 Å². The number of hydrogen-bond acceptors (Lipinski definition) is 3. The molecule has 1 rings (SSSR count). The van der Waals surface area contributed by atoms with Crippen molar-refractivity contribution >= 4 is 11.8 Å². The molecular weight excluding hydrogens is 216 g/mol. The molecular formula is C13H22N2S. The summed E-state index contributed by atoms with van der Waals surface area (Å²) in [5.74, 6) is 0. The molecule has 1 aromatic rings. The lowest BCUT2D eigenvalue weighted by atomic mass is 9.92. The fourth-order valence-corrected chi connectivity index (χ4v) is 2.78. The molecule has 2 N–H and O–H groups in total. The Balaban J connectivity index is 2.86. The van der Waals surface area contributed by atoms with Gasteiger partial charge in [-0.3, -0.25) is 0 Å². The Morgan fingerprint density at radius 2 is 1.94 bits per heavy atom. The van der Waals surface area contributed by atoms with E-state index < -0.39 is 0 Å². The summed E-state index contributed by atoms with van der Waals surface area (Å²) in [4.78, 5) is 4.54. The number of nitrogens with zero attached hydrogens (tertiary/aromatic N) is 1. The van der Waals surface area contributed by atoms with Gasteiger partial charge >= 0.3 is 0 Å². The van der Waals surface area contributed by atoms with Gasteiger partial charge in [0.15, 0.2) is 0 Å². The lowest BCUT2D eigenvalue weighted by molar-refractivity contribution is 0.398. The average molecular weight is 238 g/mol. The van der Waals surface area contributed by atoms with Crippen molar-refractivity contribution in [2.45, 2.75) is 44.9 Å². The quantitative estimate of drug-likeness (QED) is 0.822. The third-order valence-corrected chi connectivity index (χ3v) is 4.15.